The van der Waals surface area contributed by atoms with E-state index in [1.165, 1.54) is 12.1 Å². The molecule has 0 radical (unpaired) electrons. The number of hydrogen-bond donors (Lipinski definition) is 2. The molecule has 3 aromatic rings. The minimum Gasteiger partial charge on any atom is -0.489 e. The Labute approximate surface area is 139 Å². The fraction of sp³-hybridized carbons (Fsp3) is 0.211. The van der Waals surface area contributed by atoms with Crippen molar-refractivity contribution in [2.45, 2.75) is 19.6 Å². The highest BCUT2D eigenvalue weighted by Crippen LogP contribution is 2.24. The molecule has 0 bridgehead atoms. The summed E-state index contributed by atoms with van der Waals surface area (Å²) in [6.45, 7) is 2.21. The van der Waals surface area contributed by atoms with Crippen molar-refractivity contribution < 1.29 is 9.13 Å². The van der Waals surface area contributed by atoms with Crippen LogP contribution in [0.3, 0.4) is 0 Å². The topological polar surface area (TPSA) is 49.9 Å². The molecule has 0 amide bonds. The first-order valence-corrected chi connectivity index (χ1v) is 8.04. The van der Waals surface area contributed by atoms with Gasteiger partial charge in [0.25, 0.3) is 0 Å². The molecule has 2 N–H and O–H groups in total. The summed E-state index contributed by atoms with van der Waals surface area (Å²) < 4.78 is 18.8. The van der Waals surface area contributed by atoms with Crippen LogP contribution in [0.2, 0.25) is 0 Å². The fourth-order valence-electron chi connectivity index (χ4n) is 2.84. The predicted octanol–water partition coefficient (Wildman–Crippen LogP) is 3.44. The first-order chi connectivity index (χ1) is 11.8. The molecule has 0 fully saturated rings. The number of ether oxygens (including phenoxy) is 1. The van der Waals surface area contributed by atoms with E-state index < -0.39 is 0 Å². The smallest absolute Gasteiger partial charge is 0.137 e. The van der Waals surface area contributed by atoms with E-state index in [9.17, 15) is 4.39 Å². The van der Waals surface area contributed by atoms with Gasteiger partial charge < -0.3 is 15.0 Å². The van der Waals surface area contributed by atoms with Crippen LogP contribution in [0, 0.1) is 5.82 Å². The summed E-state index contributed by atoms with van der Waals surface area (Å²) in [5.74, 6) is 1.40. The molecule has 0 saturated carbocycles. The van der Waals surface area contributed by atoms with Crippen LogP contribution in [-0.2, 0) is 19.6 Å². The van der Waals surface area contributed by atoms with E-state index in [2.05, 4.69) is 10.3 Å². The summed E-state index contributed by atoms with van der Waals surface area (Å²) in [7, 11) is 0. The van der Waals surface area contributed by atoms with E-state index in [1.54, 1.807) is 12.1 Å². The average Bonchev–Trinajstić information content (AvgIpc) is 3.06. The third kappa shape index (κ3) is 3.16. The normalized spacial score (nSPS) is 13.5. The zero-order valence-corrected chi connectivity index (χ0v) is 13.2. The highest BCUT2D eigenvalue weighted by molar-refractivity contribution is 5.58. The molecule has 1 aromatic heterocycles. The molecule has 0 aliphatic carbocycles. The minimum absolute atomic E-state index is 0.239. The Balaban J connectivity index is 1.51. The number of hydrogen-bond acceptors (Lipinski definition) is 3. The zero-order valence-electron chi connectivity index (χ0n) is 13.2. The van der Waals surface area contributed by atoms with E-state index in [0.717, 1.165) is 53.6 Å². The molecule has 1 aliphatic heterocycles. The summed E-state index contributed by atoms with van der Waals surface area (Å²) in [6.07, 6.45) is 0.951. The van der Waals surface area contributed by atoms with E-state index in [0.29, 0.717) is 6.61 Å². The van der Waals surface area contributed by atoms with Crippen molar-refractivity contribution in [3.63, 3.8) is 0 Å². The molecule has 4 rings (SSSR count). The van der Waals surface area contributed by atoms with Gasteiger partial charge in [0.1, 0.15) is 24.0 Å². The Kier molecular flexibility index (Phi) is 4.01. The number of aromatic amines is 1. The largest absolute Gasteiger partial charge is 0.489 e. The maximum Gasteiger partial charge on any atom is 0.137 e. The van der Waals surface area contributed by atoms with Gasteiger partial charge in [-0.2, -0.15) is 0 Å². The highest BCUT2D eigenvalue weighted by Gasteiger charge is 2.15. The molecule has 0 atom stereocenters. The predicted molar refractivity (Wildman–Crippen MR) is 90.2 cm³/mol. The second kappa shape index (κ2) is 6.45. The Bertz CT molecular complexity index is 819. The van der Waals surface area contributed by atoms with Gasteiger partial charge in [-0.3, -0.25) is 0 Å². The zero-order chi connectivity index (χ0) is 16.4. The van der Waals surface area contributed by atoms with Crippen LogP contribution >= 0.6 is 0 Å². The van der Waals surface area contributed by atoms with Crippen LogP contribution in [0.25, 0.3) is 11.4 Å². The van der Waals surface area contributed by atoms with Crippen molar-refractivity contribution in [2.75, 3.05) is 6.54 Å². The molecule has 24 heavy (non-hydrogen) atoms. The van der Waals surface area contributed by atoms with Gasteiger partial charge in [-0.1, -0.05) is 24.3 Å². The molecule has 5 heteroatoms. The number of halogens is 1. The second-order valence-electron chi connectivity index (χ2n) is 5.88. The maximum absolute atomic E-state index is 12.9. The van der Waals surface area contributed by atoms with E-state index >= 15 is 0 Å². The van der Waals surface area contributed by atoms with Crippen molar-refractivity contribution in [1.82, 2.24) is 15.3 Å². The number of imidazole rings is 1. The Morgan fingerprint density at radius 3 is 2.83 bits per heavy atom. The average molecular weight is 323 g/mol. The van der Waals surface area contributed by atoms with Gasteiger partial charge in [-0.05, 0) is 29.8 Å². The monoisotopic (exact) mass is 323 g/mol. The molecule has 1 aliphatic rings. The molecule has 0 saturated heterocycles. The van der Waals surface area contributed by atoms with Crippen LogP contribution in [0.15, 0.2) is 48.5 Å². The van der Waals surface area contributed by atoms with Crippen LogP contribution in [0.4, 0.5) is 4.39 Å². The summed E-state index contributed by atoms with van der Waals surface area (Å²) >= 11 is 0. The lowest BCUT2D eigenvalue weighted by atomic mass is 10.2. The molecular weight excluding hydrogens is 305 g/mol. The number of benzene rings is 2. The fourth-order valence-corrected chi connectivity index (χ4v) is 2.84. The van der Waals surface area contributed by atoms with Gasteiger partial charge in [0, 0.05) is 25.1 Å². The standard InChI is InChI=1S/C19H18FN3O/c20-15-6-4-13(5-7-15)12-24-16-3-1-2-14(10-16)19-22-17-8-9-21-11-18(17)23-19/h1-7,10,21H,8-9,11-12H2,(H,22,23). The number of H-pyrrole nitrogens is 1. The van der Waals surface area contributed by atoms with Crippen molar-refractivity contribution in [1.29, 1.82) is 0 Å². The second-order valence-corrected chi connectivity index (χ2v) is 5.88. The summed E-state index contributed by atoms with van der Waals surface area (Å²) in [4.78, 5) is 8.08. The summed E-state index contributed by atoms with van der Waals surface area (Å²) in [5.41, 5.74) is 4.23. The summed E-state index contributed by atoms with van der Waals surface area (Å²) in [6, 6.07) is 14.2. The molecule has 2 heterocycles. The van der Waals surface area contributed by atoms with E-state index in [-0.39, 0.29) is 5.82 Å². The number of fused-ring (bicyclic) bond motifs is 1. The van der Waals surface area contributed by atoms with Gasteiger partial charge in [0.15, 0.2) is 0 Å². The van der Waals surface area contributed by atoms with E-state index in [1.807, 2.05) is 24.3 Å². The quantitative estimate of drug-likeness (QED) is 0.773. The SMILES string of the molecule is Fc1ccc(COc2cccc(-c3nc4c([nH]3)CNCC4)c2)cc1. The van der Waals surface area contributed by atoms with Gasteiger partial charge in [0.2, 0.25) is 0 Å². The number of rotatable bonds is 4. The van der Waals surface area contributed by atoms with Gasteiger partial charge in [-0.15, -0.1) is 0 Å². The van der Waals surface area contributed by atoms with E-state index in [4.69, 9.17) is 9.72 Å². The molecule has 2 aromatic carbocycles. The number of nitrogens with zero attached hydrogens (tertiary/aromatic N) is 1. The van der Waals surface area contributed by atoms with Crippen molar-refractivity contribution in [2.24, 2.45) is 0 Å². The van der Waals surface area contributed by atoms with Gasteiger partial charge in [0.05, 0.1) is 11.4 Å². The Morgan fingerprint density at radius 1 is 1.12 bits per heavy atom. The third-order valence-corrected chi connectivity index (χ3v) is 4.13. The lowest BCUT2D eigenvalue weighted by Gasteiger charge is -2.09. The van der Waals surface area contributed by atoms with Crippen molar-refractivity contribution >= 4 is 0 Å². The van der Waals surface area contributed by atoms with Crippen molar-refractivity contribution in [3.8, 4) is 17.1 Å². The summed E-state index contributed by atoms with van der Waals surface area (Å²) in [5, 5.41) is 3.34. The number of nitrogens with one attached hydrogen (secondary N) is 2. The van der Waals surface area contributed by atoms with Crippen LogP contribution in [0.5, 0.6) is 5.75 Å². The lowest BCUT2D eigenvalue weighted by Crippen LogP contribution is -2.23. The van der Waals surface area contributed by atoms with Gasteiger partial charge in [-0.25, -0.2) is 9.37 Å². The lowest BCUT2D eigenvalue weighted by molar-refractivity contribution is 0.306. The molecular formula is C19H18FN3O. The molecule has 0 unspecified atom stereocenters. The van der Waals surface area contributed by atoms with Crippen LogP contribution < -0.4 is 10.1 Å². The third-order valence-electron chi connectivity index (χ3n) is 4.13. The Hall–Kier alpha value is -2.66. The number of aromatic nitrogens is 2. The highest BCUT2D eigenvalue weighted by atomic mass is 19.1. The van der Waals surface area contributed by atoms with Gasteiger partial charge >= 0.3 is 0 Å². The molecule has 122 valence electrons. The van der Waals surface area contributed by atoms with Crippen molar-refractivity contribution in [3.05, 3.63) is 71.3 Å². The minimum atomic E-state index is -0.239. The maximum atomic E-state index is 12.9. The first kappa shape index (κ1) is 14.9. The Morgan fingerprint density at radius 2 is 2.00 bits per heavy atom. The van der Waals surface area contributed by atoms with Crippen LogP contribution in [-0.4, -0.2) is 16.5 Å². The molecule has 4 nitrogen and oxygen atoms in total. The van der Waals surface area contributed by atoms with Crippen LogP contribution in [0.1, 0.15) is 17.0 Å². The first-order valence-electron chi connectivity index (χ1n) is 8.04. The molecule has 0 spiro atoms.